The SMILES string of the molecule is CCCC[C@H]1C(=O)N(C)CCN1C(=O)NCc1nc2ccccc2n1C(C)C. The molecule has 7 heteroatoms. The minimum Gasteiger partial charge on any atom is -0.342 e. The Morgan fingerprint density at radius 3 is 2.75 bits per heavy atom. The molecule has 152 valence electrons. The summed E-state index contributed by atoms with van der Waals surface area (Å²) in [6, 6.07) is 7.68. The van der Waals surface area contributed by atoms with Gasteiger partial charge in [0.1, 0.15) is 11.9 Å². The van der Waals surface area contributed by atoms with Crippen LogP contribution in [0.1, 0.15) is 51.9 Å². The number of nitrogens with one attached hydrogen (secondary N) is 1. The van der Waals surface area contributed by atoms with Crippen molar-refractivity contribution in [1.29, 1.82) is 0 Å². The Morgan fingerprint density at radius 2 is 2.04 bits per heavy atom. The molecule has 1 aromatic carbocycles. The van der Waals surface area contributed by atoms with Crippen molar-refractivity contribution < 1.29 is 9.59 Å². The van der Waals surface area contributed by atoms with Crippen LogP contribution < -0.4 is 5.32 Å². The van der Waals surface area contributed by atoms with E-state index in [0.717, 1.165) is 29.7 Å². The summed E-state index contributed by atoms with van der Waals surface area (Å²) in [5.74, 6) is 0.861. The van der Waals surface area contributed by atoms with E-state index < -0.39 is 0 Å². The van der Waals surface area contributed by atoms with Crippen molar-refractivity contribution in [1.82, 2.24) is 24.7 Å². The Bertz CT molecular complexity index is 844. The molecule has 0 radical (unpaired) electrons. The summed E-state index contributed by atoms with van der Waals surface area (Å²) in [7, 11) is 1.81. The number of benzene rings is 1. The number of unbranched alkanes of at least 4 members (excludes halogenated alkanes) is 1. The topological polar surface area (TPSA) is 70.5 Å². The highest BCUT2D eigenvalue weighted by molar-refractivity contribution is 5.88. The van der Waals surface area contributed by atoms with Gasteiger partial charge >= 0.3 is 6.03 Å². The lowest BCUT2D eigenvalue weighted by atomic mass is 10.0. The van der Waals surface area contributed by atoms with Gasteiger partial charge in [-0.3, -0.25) is 4.79 Å². The van der Waals surface area contributed by atoms with Crippen molar-refractivity contribution in [3.8, 4) is 0 Å². The van der Waals surface area contributed by atoms with Crippen LogP contribution in [0.5, 0.6) is 0 Å². The van der Waals surface area contributed by atoms with Crippen LogP contribution in [0, 0.1) is 0 Å². The molecule has 0 spiro atoms. The number of urea groups is 1. The molecule has 7 nitrogen and oxygen atoms in total. The van der Waals surface area contributed by atoms with E-state index in [1.807, 2.05) is 31.3 Å². The van der Waals surface area contributed by atoms with Gasteiger partial charge in [-0.1, -0.05) is 31.9 Å². The number of likely N-dealkylation sites (N-methyl/N-ethyl adjacent to an activating group) is 1. The van der Waals surface area contributed by atoms with Gasteiger partial charge in [-0.15, -0.1) is 0 Å². The zero-order valence-corrected chi connectivity index (χ0v) is 17.3. The molecule has 1 aliphatic rings. The normalized spacial score (nSPS) is 17.6. The van der Waals surface area contributed by atoms with E-state index in [1.54, 1.807) is 9.80 Å². The van der Waals surface area contributed by atoms with E-state index in [-0.39, 0.29) is 24.0 Å². The molecule has 3 amide bonds. The predicted molar refractivity (Wildman–Crippen MR) is 110 cm³/mol. The number of hydrogen-bond donors (Lipinski definition) is 1. The Labute approximate surface area is 166 Å². The molecule has 1 aromatic heterocycles. The third-order valence-electron chi connectivity index (χ3n) is 5.39. The largest absolute Gasteiger partial charge is 0.342 e. The van der Waals surface area contributed by atoms with Crippen molar-refractivity contribution in [2.75, 3.05) is 20.1 Å². The van der Waals surface area contributed by atoms with Gasteiger partial charge in [0, 0.05) is 26.2 Å². The maximum atomic E-state index is 12.9. The standard InChI is InChI=1S/C21H31N5O2/c1-5-6-10-18-20(27)24(4)12-13-25(18)21(28)22-14-19-23-16-9-7-8-11-17(16)26(19)15(2)3/h7-9,11,15,18H,5-6,10,12-14H2,1-4H3,(H,22,28)/t18-/m0/s1. The minimum atomic E-state index is -0.373. The molecule has 1 atom stereocenters. The number of carbonyl (C=O) groups excluding carboxylic acids is 2. The van der Waals surface area contributed by atoms with Gasteiger partial charge in [0.15, 0.2) is 0 Å². The van der Waals surface area contributed by atoms with Gasteiger partial charge in [0.25, 0.3) is 0 Å². The van der Waals surface area contributed by atoms with E-state index in [4.69, 9.17) is 4.98 Å². The maximum absolute atomic E-state index is 12.9. The summed E-state index contributed by atoms with van der Waals surface area (Å²) in [5.41, 5.74) is 1.99. The Balaban J connectivity index is 1.75. The fraction of sp³-hybridized carbons (Fsp3) is 0.571. The molecule has 2 heterocycles. The number of amides is 3. The second kappa shape index (κ2) is 8.63. The number of para-hydroxylation sites is 2. The Hall–Kier alpha value is -2.57. The molecule has 2 aromatic rings. The smallest absolute Gasteiger partial charge is 0.318 e. The van der Waals surface area contributed by atoms with Gasteiger partial charge < -0.3 is 19.7 Å². The first-order valence-corrected chi connectivity index (χ1v) is 10.2. The molecule has 3 rings (SSSR count). The van der Waals surface area contributed by atoms with Gasteiger partial charge in [0.2, 0.25) is 5.91 Å². The molecule has 1 N–H and O–H groups in total. The summed E-state index contributed by atoms with van der Waals surface area (Å²) in [6.07, 6.45) is 2.64. The van der Waals surface area contributed by atoms with Crippen molar-refractivity contribution in [3.63, 3.8) is 0 Å². The first kappa shape index (κ1) is 20.2. The van der Waals surface area contributed by atoms with E-state index in [0.29, 0.717) is 26.1 Å². The lowest BCUT2D eigenvalue weighted by Crippen LogP contribution is -2.59. The number of rotatable bonds is 6. The summed E-state index contributed by atoms with van der Waals surface area (Å²) in [4.78, 5) is 33.6. The lowest BCUT2D eigenvalue weighted by Gasteiger charge is -2.39. The predicted octanol–water partition coefficient (Wildman–Crippen LogP) is 3.16. The van der Waals surface area contributed by atoms with Crippen molar-refractivity contribution in [2.45, 2.75) is 58.7 Å². The number of aromatic nitrogens is 2. The minimum absolute atomic E-state index is 0.0317. The van der Waals surface area contributed by atoms with E-state index in [9.17, 15) is 9.59 Å². The second-order valence-corrected chi connectivity index (χ2v) is 7.75. The van der Waals surface area contributed by atoms with Crippen molar-refractivity contribution in [3.05, 3.63) is 30.1 Å². The number of fused-ring (bicyclic) bond motifs is 1. The third kappa shape index (κ3) is 3.98. The lowest BCUT2D eigenvalue weighted by molar-refractivity contribution is -0.138. The average Bonchev–Trinajstić information content (AvgIpc) is 3.05. The van der Waals surface area contributed by atoms with Crippen LogP contribution in [-0.4, -0.2) is 57.5 Å². The quantitative estimate of drug-likeness (QED) is 0.830. The Kier molecular flexibility index (Phi) is 6.21. The van der Waals surface area contributed by atoms with E-state index >= 15 is 0 Å². The molecule has 1 saturated heterocycles. The van der Waals surface area contributed by atoms with Crippen LogP contribution in [-0.2, 0) is 11.3 Å². The molecule has 1 aliphatic heterocycles. The zero-order valence-electron chi connectivity index (χ0n) is 17.3. The Morgan fingerprint density at radius 1 is 1.29 bits per heavy atom. The molecule has 0 aliphatic carbocycles. The highest BCUT2D eigenvalue weighted by Crippen LogP contribution is 2.21. The van der Waals surface area contributed by atoms with Gasteiger partial charge in [-0.25, -0.2) is 9.78 Å². The van der Waals surface area contributed by atoms with Gasteiger partial charge in [-0.05, 0) is 32.4 Å². The highest BCUT2D eigenvalue weighted by Gasteiger charge is 2.35. The molecule has 0 saturated carbocycles. The zero-order chi connectivity index (χ0) is 20.3. The molecule has 0 unspecified atom stereocenters. The molecular formula is C21H31N5O2. The average molecular weight is 386 g/mol. The number of carbonyl (C=O) groups is 2. The molecular weight excluding hydrogens is 354 g/mol. The maximum Gasteiger partial charge on any atom is 0.318 e. The number of hydrogen-bond acceptors (Lipinski definition) is 3. The summed E-state index contributed by atoms with van der Waals surface area (Å²) >= 11 is 0. The second-order valence-electron chi connectivity index (χ2n) is 7.75. The summed E-state index contributed by atoms with van der Waals surface area (Å²) in [5, 5.41) is 3.00. The van der Waals surface area contributed by atoms with Gasteiger partial charge in [0.05, 0.1) is 17.6 Å². The fourth-order valence-corrected chi connectivity index (χ4v) is 3.88. The summed E-state index contributed by atoms with van der Waals surface area (Å²) < 4.78 is 2.15. The van der Waals surface area contributed by atoms with Crippen LogP contribution in [0.2, 0.25) is 0 Å². The van der Waals surface area contributed by atoms with Gasteiger partial charge in [-0.2, -0.15) is 0 Å². The van der Waals surface area contributed by atoms with Crippen LogP contribution in [0.15, 0.2) is 24.3 Å². The van der Waals surface area contributed by atoms with Crippen LogP contribution >= 0.6 is 0 Å². The van der Waals surface area contributed by atoms with Crippen LogP contribution in [0.3, 0.4) is 0 Å². The monoisotopic (exact) mass is 385 g/mol. The first-order valence-electron chi connectivity index (χ1n) is 10.2. The number of nitrogens with zero attached hydrogens (tertiary/aromatic N) is 4. The molecule has 28 heavy (non-hydrogen) atoms. The fourth-order valence-electron chi connectivity index (χ4n) is 3.88. The van der Waals surface area contributed by atoms with Crippen molar-refractivity contribution in [2.24, 2.45) is 0 Å². The first-order chi connectivity index (χ1) is 13.4. The molecule has 1 fully saturated rings. The van der Waals surface area contributed by atoms with Crippen LogP contribution in [0.25, 0.3) is 11.0 Å². The van der Waals surface area contributed by atoms with E-state index in [1.165, 1.54) is 0 Å². The summed E-state index contributed by atoms with van der Waals surface area (Å²) in [6.45, 7) is 7.78. The number of piperazine rings is 1. The highest BCUT2D eigenvalue weighted by atomic mass is 16.2. The van der Waals surface area contributed by atoms with Crippen molar-refractivity contribution >= 4 is 23.0 Å². The number of imidazole rings is 1. The van der Waals surface area contributed by atoms with E-state index in [2.05, 4.69) is 30.7 Å². The van der Waals surface area contributed by atoms with Crippen LogP contribution in [0.4, 0.5) is 4.79 Å². The molecule has 0 bridgehead atoms. The third-order valence-corrected chi connectivity index (χ3v) is 5.39.